The summed E-state index contributed by atoms with van der Waals surface area (Å²) < 4.78 is 53.3. The lowest BCUT2D eigenvalue weighted by molar-refractivity contribution is 0.240. The topological polar surface area (TPSA) is 78.5 Å². The molecule has 2 rings (SSSR count). The zero-order valence-corrected chi connectivity index (χ0v) is 17.2. The zero-order valence-electron chi connectivity index (χ0n) is 16.4. The number of hydrogen-bond donors (Lipinski definition) is 2. The maximum atomic E-state index is 13.5. The van der Waals surface area contributed by atoms with Crippen molar-refractivity contribution < 1.29 is 22.0 Å². The molecule has 0 heterocycles. The minimum Gasteiger partial charge on any atom is -0.338 e. The molecule has 158 valence electrons. The van der Waals surface area contributed by atoms with Crippen LogP contribution in [0.2, 0.25) is 0 Å². The second kappa shape index (κ2) is 10.3. The number of halogens is 2. The predicted octanol–water partition coefficient (Wildman–Crippen LogP) is 3.04. The number of nitrogens with zero attached hydrogens (tertiary/aromatic N) is 1. The van der Waals surface area contributed by atoms with Crippen LogP contribution < -0.4 is 10.6 Å². The van der Waals surface area contributed by atoms with Crippen LogP contribution in [0.1, 0.15) is 25.0 Å². The molecule has 0 saturated carbocycles. The summed E-state index contributed by atoms with van der Waals surface area (Å²) in [5.41, 5.74) is 0.650. The average Bonchev–Trinajstić information content (AvgIpc) is 2.69. The Morgan fingerprint density at radius 1 is 0.966 bits per heavy atom. The van der Waals surface area contributed by atoms with E-state index in [0.717, 1.165) is 5.56 Å². The van der Waals surface area contributed by atoms with Gasteiger partial charge in [-0.05, 0) is 36.2 Å². The molecular weight excluding hydrogens is 400 g/mol. The molecule has 6 nitrogen and oxygen atoms in total. The van der Waals surface area contributed by atoms with E-state index in [9.17, 15) is 22.0 Å². The number of sulfonamides is 1. The van der Waals surface area contributed by atoms with Gasteiger partial charge in [0.2, 0.25) is 10.0 Å². The molecule has 0 aliphatic rings. The smallest absolute Gasteiger partial charge is 0.315 e. The van der Waals surface area contributed by atoms with Crippen molar-refractivity contribution in [2.24, 2.45) is 0 Å². The van der Waals surface area contributed by atoms with Gasteiger partial charge < -0.3 is 10.6 Å². The zero-order chi connectivity index (χ0) is 21.4. The highest BCUT2D eigenvalue weighted by Crippen LogP contribution is 2.16. The van der Waals surface area contributed by atoms with Gasteiger partial charge in [-0.15, -0.1) is 0 Å². The summed E-state index contributed by atoms with van der Waals surface area (Å²) in [5, 5.41) is 5.16. The number of hydrogen-bond acceptors (Lipinski definition) is 3. The maximum absolute atomic E-state index is 13.5. The fourth-order valence-corrected chi connectivity index (χ4v) is 4.27. The van der Waals surface area contributed by atoms with Crippen LogP contribution in [0.3, 0.4) is 0 Å². The number of rotatable bonds is 9. The lowest BCUT2D eigenvalue weighted by Gasteiger charge is -2.18. The summed E-state index contributed by atoms with van der Waals surface area (Å²) in [5.74, 6) is -1.29. The highest BCUT2D eigenvalue weighted by Gasteiger charge is 2.21. The van der Waals surface area contributed by atoms with Gasteiger partial charge in [0.05, 0.1) is 4.90 Å². The molecule has 0 saturated heterocycles. The van der Waals surface area contributed by atoms with E-state index in [1.165, 1.54) is 34.6 Å². The maximum Gasteiger partial charge on any atom is 0.315 e. The van der Waals surface area contributed by atoms with Crippen LogP contribution in [0, 0.1) is 11.6 Å². The van der Waals surface area contributed by atoms with E-state index in [4.69, 9.17) is 0 Å². The van der Waals surface area contributed by atoms with Crippen LogP contribution in [-0.4, -0.2) is 38.4 Å². The lowest BCUT2D eigenvalue weighted by atomic mass is 10.1. The Kier molecular flexibility index (Phi) is 8.10. The molecule has 0 spiro atoms. The molecule has 2 aromatic carbocycles. The second-order valence-electron chi connectivity index (χ2n) is 6.29. The van der Waals surface area contributed by atoms with E-state index in [1.54, 1.807) is 26.0 Å². The first-order valence-electron chi connectivity index (χ1n) is 9.33. The fraction of sp³-hybridized carbons (Fsp3) is 0.350. The second-order valence-corrected chi connectivity index (χ2v) is 8.23. The first-order chi connectivity index (χ1) is 13.8. The number of benzene rings is 2. The monoisotopic (exact) mass is 425 g/mol. The molecule has 0 unspecified atom stereocenters. The summed E-state index contributed by atoms with van der Waals surface area (Å²) in [7, 11) is -3.52. The third-order valence-corrected chi connectivity index (χ3v) is 6.51. The van der Waals surface area contributed by atoms with Gasteiger partial charge in [0, 0.05) is 31.7 Å². The summed E-state index contributed by atoms with van der Waals surface area (Å²) >= 11 is 0. The van der Waals surface area contributed by atoms with Gasteiger partial charge in [0.25, 0.3) is 0 Å². The van der Waals surface area contributed by atoms with Crippen molar-refractivity contribution in [2.75, 3.05) is 19.6 Å². The van der Waals surface area contributed by atoms with E-state index in [2.05, 4.69) is 10.6 Å². The molecule has 9 heteroatoms. The SMILES string of the molecule is CCN(CC)S(=O)(=O)c1ccc(CNC(=O)NCCc2c(F)cccc2F)cc1. The van der Waals surface area contributed by atoms with E-state index < -0.39 is 27.7 Å². The van der Waals surface area contributed by atoms with Crippen LogP contribution in [0.25, 0.3) is 0 Å². The Balaban J connectivity index is 1.84. The van der Waals surface area contributed by atoms with Crippen molar-refractivity contribution in [1.29, 1.82) is 0 Å². The third-order valence-electron chi connectivity index (χ3n) is 4.44. The van der Waals surface area contributed by atoms with Crippen LogP contribution in [0.5, 0.6) is 0 Å². The third kappa shape index (κ3) is 5.98. The average molecular weight is 426 g/mol. The molecule has 0 bridgehead atoms. The van der Waals surface area contributed by atoms with Gasteiger partial charge >= 0.3 is 6.03 Å². The molecule has 0 aliphatic carbocycles. The van der Waals surface area contributed by atoms with Crippen molar-refractivity contribution in [2.45, 2.75) is 31.7 Å². The van der Waals surface area contributed by atoms with Crippen LogP contribution >= 0.6 is 0 Å². The fourth-order valence-electron chi connectivity index (χ4n) is 2.81. The number of nitrogens with one attached hydrogen (secondary N) is 2. The predicted molar refractivity (Wildman–Crippen MR) is 107 cm³/mol. The lowest BCUT2D eigenvalue weighted by Crippen LogP contribution is -2.36. The summed E-state index contributed by atoms with van der Waals surface area (Å²) in [6.07, 6.45) is 0.0316. The molecule has 0 aliphatic heterocycles. The van der Waals surface area contributed by atoms with E-state index in [0.29, 0.717) is 13.1 Å². The Bertz CT molecular complexity index is 910. The standard InChI is InChI=1S/C20H25F2N3O3S/c1-3-25(4-2)29(27,28)16-10-8-15(9-11-16)14-24-20(26)23-13-12-17-18(21)6-5-7-19(17)22/h5-11H,3-4,12-14H2,1-2H3,(H2,23,24,26). The molecule has 2 N–H and O–H groups in total. The van der Waals surface area contributed by atoms with Crippen molar-refractivity contribution in [1.82, 2.24) is 14.9 Å². The Hall–Kier alpha value is -2.52. The normalized spacial score (nSPS) is 11.5. The van der Waals surface area contributed by atoms with Gasteiger partial charge in [-0.1, -0.05) is 32.0 Å². The van der Waals surface area contributed by atoms with Crippen molar-refractivity contribution in [3.05, 3.63) is 65.2 Å². The Labute approximate surface area is 170 Å². The highest BCUT2D eigenvalue weighted by molar-refractivity contribution is 7.89. The number of urea groups is 1. The van der Waals surface area contributed by atoms with Gasteiger partial charge in [-0.25, -0.2) is 22.0 Å². The first kappa shape index (κ1) is 22.8. The van der Waals surface area contributed by atoms with Crippen LogP contribution in [0.15, 0.2) is 47.4 Å². The summed E-state index contributed by atoms with van der Waals surface area (Å²) in [6.45, 7) is 4.59. The van der Waals surface area contributed by atoms with Gasteiger partial charge in [-0.2, -0.15) is 4.31 Å². The molecule has 0 atom stereocenters. The Morgan fingerprint density at radius 3 is 2.10 bits per heavy atom. The number of carbonyl (C=O) groups excluding carboxylic acids is 1. The van der Waals surface area contributed by atoms with Crippen LogP contribution in [-0.2, 0) is 23.0 Å². The summed E-state index contributed by atoms with van der Waals surface area (Å²) in [6, 6.07) is 9.41. The molecule has 2 aromatic rings. The molecular formula is C20H25F2N3O3S. The van der Waals surface area contributed by atoms with E-state index >= 15 is 0 Å². The molecule has 0 fully saturated rings. The molecule has 0 aromatic heterocycles. The van der Waals surface area contributed by atoms with Crippen LogP contribution in [0.4, 0.5) is 13.6 Å². The number of carbonyl (C=O) groups is 1. The quantitative estimate of drug-likeness (QED) is 0.648. The van der Waals surface area contributed by atoms with Gasteiger partial charge in [-0.3, -0.25) is 0 Å². The Morgan fingerprint density at radius 2 is 1.55 bits per heavy atom. The minimum absolute atomic E-state index is 0.0316. The number of amides is 2. The van der Waals surface area contributed by atoms with Gasteiger partial charge in [0.15, 0.2) is 0 Å². The minimum atomic E-state index is -3.52. The van der Waals surface area contributed by atoms with Crippen molar-refractivity contribution >= 4 is 16.1 Å². The first-order valence-corrected chi connectivity index (χ1v) is 10.8. The van der Waals surface area contributed by atoms with Gasteiger partial charge in [0.1, 0.15) is 11.6 Å². The highest BCUT2D eigenvalue weighted by atomic mass is 32.2. The van der Waals surface area contributed by atoms with E-state index in [-0.39, 0.29) is 30.0 Å². The van der Waals surface area contributed by atoms with Crippen molar-refractivity contribution in [3.63, 3.8) is 0 Å². The molecule has 0 radical (unpaired) electrons. The molecule has 2 amide bonds. The van der Waals surface area contributed by atoms with E-state index in [1.807, 2.05) is 0 Å². The molecule has 29 heavy (non-hydrogen) atoms. The largest absolute Gasteiger partial charge is 0.338 e. The van der Waals surface area contributed by atoms with Crippen molar-refractivity contribution in [3.8, 4) is 0 Å². The summed E-state index contributed by atoms with van der Waals surface area (Å²) in [4.78, 5) is 12.1.